The maximum absolute atomic E-state index is 12.7. The molecule has 0 spiro atoms. The minimum absolute atomic E-state index is 0.00859. The van der Waals surface area contributed by atoms with Crippen LogP contribution in [0.25, 0.3) is 16.3 Å². The van der Waals surface area contributed by atoms with Crippen molar-refractivity contribution in [2.45, 2.75) is 25.9 Å². The number of pyridine rings is 1. The van der Waals surface area contributed by atoms with Crippen LogP contribution in [0.2, 0.25) is 0 Å². The van der Waals surface area contributed by atoms with E-state index in [0.29, 0.717) is 12.1 Å². The van der Waals surface area contributed by atoms with Gasteiger partial charge in [-0.15, -0.1) is 0 Å². The number of nitrogens with zero attached hydrogens (tertiary/aromatic N) is 2. The molecule has 3 aromatic rings. The second-order valence-corrected chi connectivity index (χ2v) is 7.96. The number of hydrogen-bond acceptors (Lipinski definition) is 5. The zero-order valence-corrected chi connectivity index (χ0v) is 18.4. The molecule has 0 radical (unpaired) electrons. The van der Waals surface area contributed by atoms with E-state index in [4.69, 9.17) is 4.74 Å². The Hall–Kier alpha value is -3.51. The molecule has 6 nitrogen and oxygen atoms in total. The molecule has 1 atom stereocenters. The van der Waals surface area contributed by atoms with E-state index < -0.39 is 0 Å². The number of methoxy groups -OCH3 is 1. The Morgan fingerprint density at radius 1 is 1.12 bits per heavy atom. The van der Waals surface area contributed by atoms with Gasteiger partial charge in [-0.2, -0.15) is 0 Å². The number of aromatic nitrogens is 1. The number of fused-ring (bicyclic) bond motifs is 1. The van der Waals surface area contributed by atoms with Gasteiger partial charge in [0.15, 0.2) is 0 Å². The second-order valence-electron chi connectivity index (χ2n) is 7.96. The quantitative estimate of drug-likeness (QED) is 0.603. The monoisotopic (exact) mass is 429 g/mol. The molecule has 0 aliphatic carbocycles. The van der Waals surface area contributed by atoms with Crippen molar-refractivity contribution < 1.29 is 14.3 Å². The molecule has 0 fully saturated rings. The van der Waals surface area contributed by atoms with Crippen LogP contribution >= 0.6 is 0 Å². The normalized spacial score (nSPS) is 15.1. The van der Waals surface area contributed by atoms with Gasteiger partial charge < -0.3 is 10.1 Å². The van der Waals surface area contributed by atoms with E-state index in [-0.39, 0.29) is 17.9 Å². The predicted octanol–water partition coefficient (Wildman–Crippen LogP) is 3.82. The van der Waals surface area contributed by atoms with Crippen LogP contribution in [0.15, 0.2) is 67.0 Å². The summed E-state index contributed by atoms with van der Waals surface area (Å²) in [6, 6.07) is 15.1. The molecule has 32 heavy (non-hydrogen) atoms. The molecule has 1 amide bonds. The van der Waals surface area contributed by atoms with Crippen LogP contribution in [0.4, 0.5) is 0 Å². The smallest absolute Gasteiger partial charge is 0.337 e. The SMILES string of the molecule is COC(=O)c1ccc(CNC(=O)[C@H](C)N2CC=C(c3cncc4ccccc34)CC2)cc1. The predicted molar refractivity (Wildman–Crippen MR) is 125 cm³/mol. The fourth-order valence-corrected chi connectivity index (χ4v) is 4.03. The van der Waals surface area contributed by atoms with Crippen molar-refractivity contribution in [3.63, 3.8) is 0 Å². The first-order valence-corrected chi connectivity index (χ1v) is 10.8. The highest BCUT2D eigenvalue weighted by atomic mass is 16.5. The van der Waals surface area contributed by atoms with Crippen molar-refractivity contribution in [3.8, 4) is 0 Å². The van der Waals surface area contributed by atoms with Crippen molar-refractivity contribution in [1.29, 1.82) is 0 Å². The number of rotatable bonds is 6. The van der Waals surface area contributed by atoms with Gasteiger partial charge in [-0.25, -0.2) is 4.79 Å². The molecule has 1 N–H and O–H groups in total. The van der Waals surface area contributed by atoms with E-state index in [1.807, 2.05) is 37.5 Å². The van der Waals surface area contributed by atoms with Crippen LogP contribution in [-0.2, 0) is 16.1 Å². The van der Waals surface area contributed by atoms with Gasteiger partial charge in [0.2, 0.25) is 5.91 Å². The first kappa shape index (κ1) is 21.7. The molecular weight excluding hydrogens is 402 g/mol. The van der Waals surface area contributed by atoms with E-state index in [9.17, 15) is 9.59 Å². The molecule has 6 heteroatoms. The fourth-order valence-electron chi connectivity index (χ4n) is 4.03. The van der Waals surface area contributed by atoms with Gasteiger partial charge in [0.25, 0.3) is 0 Å². The Morgan fingerprint density at radius 3 is 2.62 bits per heavy atom. The van der Waals surface area contributed by atoms with Crippen molar-refractivity contribution in [1.82, 2.24) is 15.2 Å². The van der Waals surface area contributed by atoms with Crippen LogP contribution in [0, 0.1) is 0 Å². The molecule has 0 saturated carbocycles. The first-order chi connectivity index (χ1) is 15.6. The third kappa shape index (κ3) is 4.70. The van der Waals surface area contributed by atoms with E-state index in [2.05, 4.69) is 39.5 Å². The van der Waals surface area contributed by atoms with Gasteiger partial charge in [0.1, 0.15) is 0 Å². The Balaban J connectivity index is 1.35. The Morgan fingerprint density at radius 2 is 1.91 bits per heavy atom. The van der Waals surface area contributed by atoms with Crippen LogP contribution in [0.3, 0.4) is 0 Å². The zero-order valence-electron chi connectivity index (χ0n) is 18.4. The summed E-state index contributed by atoms with van der Waals surface area (Å²) in [7, 11) is 1.36. The summed E-state index contributed by atoms with van der Waals surface area (Å²) in [4.78, 5) is 30.8. The summed E-state index contributed by atoms with van der Waals surface area (Å²) in [5.41, 5.74) is 3.88. The van der Waals surface area contributed by atoms with Crippen LogP contribution < -0.4 is 5.32 Å². The third-order valence-corrected chi connectivity index (χ3v) is 6.02. The number of nitrogens with one attached hydrogen (secondary N) is 1. The molecular formula is C26H27N3O3. The van der Waals surface area contributed by atoms with Gasteiger partial charge in [-0.05, 0) is 42.0 Å². The maximum Gasteiger partial charge on any atom is 0.337 e. The molecule has 2 heterocycles. The van der Waals surface area contributed by atoms with Gasteiger partial charge in [0.05, 0.1) is 18.7 Å². The molecule has 2 aromatic carbocycles. The van der Waals surface area contributed by atoms with Gasteiger partial charge >= 0.3 is 5.97 Å². The van der Waals surface area contributed by atoms with Crippen molar-refractivity contribution >= 4 is 28.2 Å². The second kappa shape index (κ2) is 9.75. The summed E-state index contributed by atoms with van der Waals surface area (Å²) >= 11 is 0. The minimum Gasteiger partial charge on any atom is -0.465 e. The lowest BCUT2D eigenvalue weighted by Crippen LogP contribution is -2.46. The summed E-state index contributed by atoms with van der Waals surface area (Å²) in [6.07, 6.45) is 6.92. The summed E-state index contributed by atoms with van der Waals surface area (Å²) in [5.74, 6) is -0.378. The Labute approximate surface area is 187 Å². The van der Waals surface area contributed by atoms with Crippen molar-refractivity contribution in [2.75, 3.05) is 20.2 Å². The van der Waals surface area contributed by atoms with Crippen LogP contribution in [-0.4, -0.2) is 48.0 Å². The van der Waals surface area contributed by atoms with Gasteiger partial charge in [-0.3, -0.25) is 14.7 Å². The minimum atomic E-state index is -0.369. The van der Waals surface area contributed by atoms with Crippen molar-refractivity contribution in [2.24, 2.45) is 0 Å². The molecule has 164 valence electrons. The average molecular weight is 430 g/mol. The van der Waals surface area contributed by atoms with Gasteiger partial charge in [-0.1, -0.05) is 42.5 Å². The number of ether oxygens (including phenoxy) is 1. The van der Waals surface area contributed by atoms with E-state index in [1.165, 1.54) is 23.6 Å². The van der Waals surface area contributed by atoms with Gasteiger partial charge in [0, 0.05) is 43.0 Å². The standard InChI is InChI=1S/C26H27N3O3/c1-18(25(30)28-15-19-7-9-21(10-8-19)26(31)32-2)29-13-11-20(12-14-29)24-17-27-16-22-5-3-4-6-23(22)24/h3-11,16-18H,12-15H2,1-2H3,(H,28,30)/t18-/m0/s1. The molecule has 1 aromatic heterocycles. The number of esters is 1. The van der Waals surface area contributed by atoms with Crippen LogP contribution in [0.5, 0.6) is 0 Å². The van der Waals surface area contributed by atoms with E-state index in [0.717, 1.165) is 30.5 Å². The molecule has 0 bridgehead atoms. The number of carbonyl (C=O) groups is 2. The highest BCUT2D eigenvalue weighted by molar-refractivity contribution is 5.93. The molecule has 1 aliphatic rings. The number of amides is 1. The molecule has 1 aliphatic heterocycles. The average Bonchev–Trinajstić information content (AvgIpc) is 2.86. The summed E-state index contributed by atoms with van der Waals surface area (Å²) in [5, 5.41) is 5.35. The number of carbonyl (C=O) groups excluding carboxylic acids is 2. The summed E-state index contributed by atoms with van der Waals surface area (Å²) < 4.78 is 4.71. The first-order valence-electron chi connectivity index (χ1n) is 10.8. The van der Waals surface area contributed by atoms with E-state index >= 15 is 0 Å². The third-order valence-electron chi connectivity index (χ3n) is 6.02. The largest absolute Gasteiger partial charge is 0.465 e. The summed E-state index contributed by atoms with van der Waals surface area (Å²) in [6.45, 7) is 3.90. The highest BCUT2D eigenvalue weighted by Crippen LogP contribution is 2.28. The fraction of sp³-hybridized carbons (Fsp3) is 0.269. The number of benzene rings is 2. The molecule has 4 rings (SSSR count). The highest BCUT2D eigenvalue weighted by Gasteiger charge is 2.23. The maximum atomic E-state index is 12.7. The zero-order chi connectivity index (χ0) is 22.5. The molecule has 0 unspecified atom stereocenters. The van der Waals surface area contributed by atoms with E-state index in [1.54, 1.807) is 12.1 Å². The van der Waals surface area contributed by atoms with Crippen LogP contribution in [0.1, 0.15) is 34.8 Å². The Kier molecular flexibility index (Phi) is 6.61. The number of hydrogen-bond donors (Lipinski definition) is 1. The lowest BCUT2D eigenvalue weighted by molar-refractivity contribution is -0.125. The topological polar surface area (TPSA) is 71.5 Å². The molecule has 0 saturated heterocycles. The lowest BCUT2D eigenvalue weighted by atomic mass is 9.96. The lowest BCUT2D eigenvalue weighted by Gasteiger charge is -2.31. The van der Waals surface area contributed by atoms with Crippen molar-refractivity contribution in [3.05, 3.63) is 83.7 Å². The Bertz CT molecular complexity index is 1150.